The zero-order valence-electron chi connectivity index (χ0n) is 1.82. The van der Waals surface area contributed by atoms with Gasteiger partial charge in [-0.15, -0.1) is 24.8 Å². The zero-order chi connectivity index (χ0) is 0. The molecule has 0 heterocycles. The van der Waals surface area contributed by atoms with Gasteiger partial charge in [0.25, 0.3) is 0 Å². The molecule has 0 aliphatic carbocycles. The van der Waals surface area contributed by atoms with E-state index in [0.717, 1.165) is 0 Å². The van der Waals surface area contributed by atoms with Crippen molar-refractivity contribution in [3.05, 3.63) is 0 Å². The summed E-state index contributed by atoms with van der Waals surface area (Å²) in [4.78, 5) is 0. The molecule has 0 saturated carbocycles. The van der Waals surface area contributed by atoms with Gasteiger partial charge in [-0.3, -0.25) is 0 Å². The molecule has 0 bridgehead atoms. The van der Waals surface area contributed by atoms with Gasteiger partial charge in [-0.05, 0) is 0 Å². The minimum absolute atomic E-state index is 0. The third-order valence-electron chi connectivity index (χ3n) is 0. The molecule has 4 heavy (non-hydrogen) atoms. The van der Waals surface area contributed by atoms with Gasteiger partial charge in [-0.25, -0.2) is 0 Å². The molecule has 0 rings (SSSR count). The molecule has 4 heteroatoms. The van der Waals surface area contributed by atoms with Crippen LogP contribution < -0.4 is 0 Å². The van der Waals surface area contributed by atoms with Gasteiger partial charge in [0.1, 0.15) is 0 Å². The third-order valence-corrected chi connectivity index (χ3v) is 0. The van der Waals surface area contributed by atoms with Crippen LogP contribution in [0, 0.1) is 0 Å². The van der Waals surface area contributed by atoms with Crippen molar-refractivity contribution >= 4 is 24.8 Å². The van der Waals surface area contributed by atoms with E-state index in [4.69, 9.17) is 0 Å². The number of hydrogen-bond donors (Lipinski definition) is 0. The van der Waals surface area contributed by atoms with Crippen molar-refractivity contribution in [1.29, 1.82) is 0 Å². The van der Waals surface area contributed by atoms with Crippen molar-refractivity contribution in [1.82, 2.24) is 0 Å². The van der Waals surface area contributed by atoms with E-state index in [2.05, 4.69) is 0 Å². The standard InChI is InChI=1S/2ClH.Ti.Zr/h2*1H;;. The zero-order valence-corrected chi connectivity index (χ0v) is 7.47. The van der Waals surface area contributed by atoms with Crippen molar-refractivity contribution in [2.45, 2.75) is 0 Å². The first kappa shape index (κ1) is 34.9. The van der Waals surface area contributed by atoms with Crippen molar-refractivity contribution in [2.24, 2.45) is 0 Å². The summed E-state index contributed by atoms with van der Waals surface area (Å²) in [6, 6.07) is 0. The van der Waals surface area contributed by atoms with Crippen LogP contribution in [0.5, 0.6) is 0 Å². The second-order valence-corrected chi connectivity index (χ2v) is 0. The topological polar surface area (TPSA) is 0 Å². The molecular formula is H2Cl2TiZr. The average molecular weight is 212 g/mol. The predicted octanol–water partition coefficient (Wildman–Crippen LogP) is 0.839. The van der Waals surface area contributed by atoms with Crippen molar-refractivity contribution < 1.29 is 47.9 Å². The Morgan fingerprint density at radius 2 is 0.750 bits per heavy atom. The molecule has 24 valence electrons. The molecule has 0 radical (unpaired) electrons. The van der Waals surface area contributed by atoms with Crippen LogP contribution in [0.1, 0.15) is 0 Å². The molecule has 0 aromatic carbocycles. The Bertz CT molecular complexity index is 6.00. The summed E-state index contributed by atoms with van der Waals surface area (Å²) in [6.45, 7) is 0. The molecule has 0 aromatic rings. The van der Waals surface area contributed by atoms with Gasteiger partial charge in [0, 0.05) is 47.9 Å². The molecule has 0 N–H and O–H groups in total. The molecule has 0 aliphatic rings. The maximum atomic E-state index is 0. The molecule has 0 aliphatic heterocycles. The average Bonchev–Trinajstić information content (AvgIpc) is 0. The summed E-state index contributed by atoms with van der Waals surface area (Å²) < 4.78 is 0. The van der Waals surface area contributed by atoms with Gasteiger partial charge in [0.05, 0.1) is 0 Å². The largest absolute Gasteiger partial charge is 0.147 e. The smallest absolute Gasteiger partial charge is 0 e. The first-order valence-corrected chi connectivity index (χ1v) is 0. The third kappa shape index (κ3) is 8.90. The molecule has 0 spiro atoms. The maximum absolute atomic E-state index is 0. The van der Waals surface area contributed by atoms with E-state index in [-0.39, 0.29) is 72.7 Å². The van der Waals surface area contributed by atoms with Gasteiger partial charge < -0.3 is 0 Å². The van der Waals surface area contributed by atoms with Gasteiger partial charge in [-0.1, -0.05) is 0 Å². The summed E-state index contributed by atoms with van der Waals surface area (Å²) in [5.74, 6) is 0. The van der Waals surface area contributed by atoms with Gasteiger partial charge >= 0.3 is 0 Å². The normalized spacial score (nSPS) is 0. The second kappa shape index (κ2) is 19.1. The van der Waals surface area contributed by atoms with Crippen LogP contribution in [-0.2, 0) is 47.9 Å². The monoisotopic (exact) mass is 210 g/mol. The van der Waals surface area contributed by atoms with Crippen LogP contribution in [0.4, 0.5) is 0 Å². The van der Waals surface area contributed by atoms with E-state index < -0.39 is 0 Å². The Morgan fingerprint density at radius 3 is 0.750 bits per heavy atom. The number of rotatable bonds is 0. The Morgan fingerprint density at radius 1 is 0.750 bits per heavy atom. The molecule has 0 atom stereocenters. The number of halogens is 2. The Kier molecular flexibility index (Phi) is 166. The summed E-state index contributed by atoms with van der Waals surface area (Å²) >= 11 is 0. The quantitative estimate of drug-likeness (QED) is 0.522. The van der Waals surface area contributed by atoms with Gasteiger partial charge in [-0.2, -0.15) is 0 Å². The van der Waals surface area contributed by atoms with E-state index in [1.54, 1.807) is 0 Å². The van der Waals surface area contributed by atoms with Crippen LogP contribution in [0.3, 0.4) is 0 Å². The summed E-state index contributed by atoms with van der Waals surface area (Å²) in [5, 5.41) is 0. The van der Waals surface area contributed by atoms with Crippen molar-refractivity contribution in [3.63, 3.8) is 0 Å². The fourth-order valence-corrected chi connectivity index (χ4v) is 0. The maximum Gasteiger partial charge on any atom is 0 e. The first-order chi connectivity index (χ1) is 0. The molecule has 0 amide bonds. The van der Waals surface area contributed by atoms with E-state index in [1.165, 1.54) is 0 Å². The van der Waals surface area contributed by atoms with Gasteiger partial charge in [0.2, 0.25) is 0 Å². The van der Waals surface area contributed by atoms with E-state index >= 15 is 0 Å². The molecular weight excluding hydrogens is 210 g/mol. The summed E-state index contributed by atoms with van der Waals surface area (Å²) in [7, 11) is 0. The molecule has 0 nitrogen and oxygen atoms in total. The fraction of sp³-hybridized carbons (Fsp3) is 0. The van der Waals surface area contributed by atoms with E-state index in [1.807, 2.05) is 0 Å². The number of hydrogen-bond acceptors (Lipinski definition) is 0. The van der Waals surface area contributed by atoms with Crippen molar-refractivity contribution in [3.8, 4) is 0 Å². The van der Waals surface area contributed by atoms with Crippen LogP contribution >= 0.6 is 24.8 Å². The van der Waals surface area contributed by atoms with E-state index in [0.29, 0.717) is 0 Å². The van der Waals surface area contributed by atoms with Crippen LogP contribution in [0.2, 0.25) is 0 Å². The van der Waals surface area contributed by atoms with E-state index in [9.17, 15) is 0 Å². The van der Waals surface area contributed by atoms with Crippen LogP contribution in [0.25, 0.3) is 0 Å². The van der Waals surface area contributed by atoms with Crippen LogP contribution in [-0.4, -0.2) is 0 Å². The Labute approximate surface area is 71.9 Å². The molecule has 0 fully saturated rings. The Balaban J connectivity index is 0. The predicted molar refractivity (Wildman–Crippen MR) is 14.5 cm³/mol. The molecule has 0 saturated heterocycles. The first-order valence-electron chi connectivity index (χ1n) is 0. The Hall–Kier alpha value is 2.18. The van der Waals surface area contributed by atoms with Crippen LogP contribution in [0.15, 0.2) is 0 Å². The SMILES string of the molecule is Cl.Cl.[Ti].[Zr]. The van der Waals surface area contributed by atoms with Gasteiger partial charge in [0.15, 0.2) is 0 Å². The minimum atomic E-state index is 0. The molecule has 0 aromatic heterocycles. The summed E-state index contributed by atoms with van der Waals surface area (Å²) in [5.41, 5.74) is 0. The van der Waals surface area contributed by atoms with Crippen molar-refractivity contribution in [2.75, 3.05) is 0 Å². The second-order valence-electron chi connectivity index (χ2n) is 0. The molecule has 0 unspecified atom stereocenters. The summed E-state index contributed by atoms with van der Waals surface area (Å²) in [6.07, 6.45) is 0. The fourth-order valence-electron chi connectivity index (χ4n) is 0. The minimum Gasteiger partial charge on any atom is -0.147 e.